The van der Waals surface area contributed by atoms with E-state index in [9.17, 15) is 9.90 Å². The number of fused-ring (bicyclic) bond motifs is 1. The molecule has 2 rings (SSSR count). The lowest BCUT2D eigenvalue weighted by atomic mass is 10.2. The van der Waals surface area contributed by atoms with Gasteiger partial charge in [0, 0.05) is 5.39 Å². The summed E-state index contributed by atoms with van der Waals surface area (Å²) in [6.45, 7) is 0. The predicted octanol–water partition coefficient (Wildman–Crippen LogP) is 0.975. The van der Waals surface area contributed by atoms with Gasteiger partial charge in [0.1, 0.15) is 5.52 Å². The molecular formula is C9H8N2O4. The molecule has 0 aliphatic heterocycles. The zero-order chi connectivity index (χ0) is 11.0. The van der Waals surface area contributed by atoms with Crippen molar-refractivity contribution >= 4 is 16.9 Å². The summed E-state index contributed by atoms with van der Waals surface area (Å²) in [7, 11) is 1.41. The molecule has 0 saturated carbocycles. The van der Waals surface area contributed by atoms with Gasteiger partial charge in [-0.05, 0) is 12.1 Å². The monoisotopic (exact) mass is 208 g/mol. The highest BCUT2D eigenvalue weighted by molar-refractivity contribution is 6.03. The molecule has 6 heteroatoms. The number of aromatic amines is 1. The smallest absolute Gasteiger partial charge is 0.354 e. The number of phenolic OH excluding ortho intramolecular Hbond substituents is 1. The van der Waals surface area contributed by atoms with Crippen molar-refractivity contribution in [3.63, 3.8) is 0 Å². The van der Waals surface area contributed by atoms with Crippen LogP contribution < -0.4 is 4.74 Å². The first-order valence-electron chi connectivity index (χ1n) is 4.12. The van der Waals surface area contributed by atoms with E-state index in [0.717, 1.165) is 0 Å². The first kappa shape index (κ1) is 9.32. The maximum Gasteiger partial charge on any atom is 0.354 e. The Labute approximate surface area is 84.1 Å². The fourth-order valence-electron chi connectivity index (χ4n) is 1.38. The molecular weight excluding hydrogens is 200 g/mol. The third kappa shape index (κ3) is 1.26. The van der Waals surface area contributed by atoms with Crippen molar-refractivity contribution in [2.45, 2.75) is 0 Å². The van der Waals surface area contributed by atoms with E-state index < -0.39 is 5.97 Å². The van der Waals surface area contributed by atoms with Crippen molar-refractivity contribution in [3.05, 3.63) is 17.8 Å². The van der Waals surface area contributed by atoms with Crippen LogP contribution in [0.3, 0.4) is 0 Å². The predicted molar refractivity (Wildman–Crippen MR) is 51.3 cm³/mol. The number of nitrogens with one attached hydrogen (secondary N) is 1. The minimum absolute atomic E-state index is 0.0528. The lowest BCUT2D eigenvalue weighted by Gasteiger charge is -2.02. The lowest BCUT2D eigenvalue weighted by molar-refractivity contribution is 0.0692. The molecule has 0 fully saturated rings. The second-order valence-electron chi connectivity index (χ2n) is 2.92. The standard InChI is InChI=1S/C9H8N2O4/c1-15-5-3-2-4-6(8(5)12)10-11-7(4)9(13)14/h2-3,12H,1H3,(H,10,11)(H,13,14). The fourth-order valence-corrected chi connectivity index (χ4v) is 1.38. The SMILES string of the molecule is COc1ccc2c(C(=O)O)[nH]nc2c1O. The number of rotatable bonds is 2. The van der Waals surface area contributed by atoms with Gasteiger partial charge in [-0.3, -0.25) is 5.10 Å². The Hall–Kier alpha value is -2.24. The van der Waals surface area contributed by atoms with Gasteiger partial charge in [-0.25, -0.2) is 4.79 Å². The molecule has 0 amide bonds. The van der Waals surface area contributed by atoms with Crippen molar-refractivity contribution in [1.82, 2.24) is 10.2 Å². The molecule has 0 atom stereocenters. The van der Waals surface area contributed by atoms with Gasteiger partial charge in [-0.2, -0.15) is 5.10 Å². The number of aromatic carboxylic acids is 1. The summed E-state index contributed by atoms with van der Waals surface area (Å²) in [5.74, 6) is -1.04. The fraction of sp³-hybridized carbons (Fsp3) is 0.111. The van der Waals surface area contributed by atoms with Crippen LogP contribution >= 0.6 is 0 Å². The van der Waals surface area contributed by atoms with Crippen molar-refractivity contribution in [2.24, 2.45) is 0 Å². The van der Waals surface area contributed by atoms with Gasteiger partial charge in [0.2, 0.25) is 0 Å². The number of aromatic nitrogens is 2. The summed E-state index contributed by atoms with van der Waals surface area (Å²) in [4.78, 5) is 10.8. The molecule has 15 heavy (non-hydrogen) atoms. The Morgan fingerprint density at radius 2 is 2.27 bits per heavy atom. The summed E-state index contributed by atoms with van der Waals surface area (Å²) in [6.07, 6.45) is 0. The first-order valence-corrected chi connectivity index (χ1v) is 4.12. The number of ether oxygens (including phenoxy) is 1. The average Bonchev–Trinajstić information content (AvgIpc) is 2.62. The zero-order valence-electron chi connectivity index (χ0n) is 7.81. The summed E-state index contributed by atoms with van der Waals surface area (Å²) < 4.78 is 4.87. The van der Waals surface area contributed by atoms with E-state index in [2.05, 4.69) is 10.2 Å². The Morgan fingerprint density at radius 1 is 1.53 bits per heavy atom. The molecule has 1 heterocycles. The largest absolute Gasteiger partial charge is 0.503 e. The quantitative estimate of drug-likeness (QED) is 0.683. The summed E-state index contributed by atoms with van der Waals surface area (Å²) in [5, 5.41) is 24.8. The highest BCUT2D eigenvalue weighted by Gasteiger charge is 2.16. The summed E-state index contributed by atoms with van der Waals surface area (Å²) >= 11 is 0. The van der Waals surface area contributed by atoms with Gasteiger partial charge in [-0.15, -0.1) is 0 Å². The van der Waals surface area contributed by atoms with Crippen LogP contribution in [0.4, 0.5) is 0 Å². The number of methoxy groups -OCH3 is 1. The molecule has 0 aliphatic rings. The van der Waals surface area contributed by atoms with E-state index in [1.165, 1.54) is 19.2 Å². The number of H-pyrrole nitrogens is 1. The topological polar surface area (TPSA) is 95.4 Å². The summed E-state index contributed by atoms with van der Waals surface area (Å²) in [5.41, 5.74) is 0.134. The number of carbonyl (C=O) groups is 1. The Morgan fingerprint density at radius 3 is 2.87 bits per heavy atom. The number of benzene rings is 1. The van der Waals surface area contributed by atoms with Crippen LogP contribution in [0.5, 0.6) is 11.5 Å². The van der Waals surface area contributed by atoms with Crippen LogP contribution in [0, 0.1) is 0 Å². The van der Waals surface area contributed by atoms with Crippen molar-refractivity contribution in [3.8, 4) is 11.5 Å². The van der Waals surface area contributed by atoms with Crippen LogP contribution in [0.15, 0.2) is 12.1 Å². The van der Waals surface area contributed by atoms with E-state index in [1.54, 1.807) is 0 Å². The molecule has 78 valence electrons. The van der Waals surface area contributed by atoms with E-state index in [4.69, 9.17) is 9.84 Å². The van der Waals surface area contributed by atoms with Gasteiger partial charge in [0.15, 0.2) is 17.2 Å². The van der Waals surface area contributed by atoms with Crippen LogP contribution in [0.2, 0.25) is 0 Å². The van der Waals surface area contributed by atoms with Gasteiger partial charge < -0.3 is 14.9 Å². The lowest BCUT2D eigenvalue weighted by Crippen LogP contribution is -1.96. The molecule has 0 spiro atoms. The van der Waals surface area contributed by atoms with Crippen LogP contribution in [-0.2, 0) is 0 Å². The molecule has 0 unspecified atom stereocenters. The minimum atomic E-state index is -1.12. The third-order valence-corrected chi connectivity index (χ3v) is 2.10. The number of aromatic hydroxyl groups is 1. The molecule has 1 aromatic heterocycles. The molecule has 0 bridgehead atoms. The van der Waals surface area contributed by atoms with Crippen LogP contribution in [-0.4, -0.2) is 33.5 Å². The molecule has 0 saturated heterocycles. The van der Waals surface area contributed by atoms with E-state index in [1.807, 2.05) is 0 Å². The Balaban J connectivity index is 2.76. The number of carboxylic acid groups (broad SMARTS) is 1. The van der Waals surface area contributed by atoms with Crippen LogP contribution in [0.25, 0.3) is 10.9 Å². The number of carboxylic acids is 1. The molecule has 0 aliphatic carbocycles. The van der Waals surface area contributed by atoms with Crippen molar-refractivity contribution in [2.75, 3.05) is 7.11 Å². The number of phenols is 1. The highest BCUT2D eigenvalue weighted by atomic mass is 16.5. The maximum absolute atomic E-state index is 10.8. The third-order valence-electron chi connectivity index (χ3n) is 2.10. The number of hydrogen-bond donors (Lipinski definition) is 3. The molecule has 1 aromatic carbocycles. The Kier molecular flexibility index (Phi) is 1.96. The van der Waals surface area contributed by atoms with Crippen molar-refractivity contribution < 1.29 is 19.7 Å². The molecule has 6 nitrogen and oxygen atoms in total. The van der Waals surface area contributed by atoms with E-state index in [0.29, 0.717) is 5.39 Å². The zero-order valence-corrected chi connectivity index (χ0v) is 7.81. The highest BCUT2D eigenvalue weighted by Crippen LogP contribution is 2.33. The van der Waals surface area contributed by atoms with E-state index >= 15 is 0 Å². The molecule has 2 aromatic rings. The summed E-state index contributed by atoms with van der Waals surface area (Å²) in [6, 6.07) is 3.01. The second kappa shape index (κ2) is 3.16. The van der Waals surface area contributed by atoms with Crippen LogP contribution in [0.1, 0.15) is 10.5 Å². The van der Waals surface area contributed by atoms with Gasteiger partial charge in [-0.1, -0.05) is 0 Å². The maximum atomic E-state index is 10.8. The average molecular weight is 208 g/mol. The normalized spacial score (nSPS) is 10.5. The molecule has 3 N–H and O–H groups in total. The number of hydrogen-bond acceptors (Lipinski definition) is 4. The van der Waals surface area contributed by atoms with Gasteiger partial charge >= 0.3 is 5.97 Å². The van der Waals surface area contributed by atoms with Gasteiger partial charge in [0.25, 0.3) is 0 Å². The minimum Gasteiger partial charge on any atom is -0.503 e. The van der Waals surface area contributed by atoms with E-state index in [-0.39, 0.29) is 22.7 Å². The Bertz CT molecular complexity index is 532. The van der Waals surface area contributed by atoms with Gasteiger partial charge in [0.05, 0.1) is 7.11 Å². The first-order chi connectivity index (χ1) is 7.15. The van der Waals surface area contributed by atoms with Crippen molar-refractivity contribution in [1.29, 1.82) is 0 Å². The molecule has 0 radical (unpaired) electrons. The number of nitrogens with zero attached hydrogens (tertiary/aromatic N) is 1. The second-order valence-corrected chi connectivity index (χ2v) is 2.92.